The molecule has 10 heteroatoms. The molecule has 0 saturated carbocycles. The van der Waals surface area contributed by atoms with Crippen LogP contribution in [0.2, 0.25) is 0 Å². The Kier molecular flexibility index (Phi) is 6.46. The number of hydrogen-bond acceptors (Lipinski definition) is 7. The van der Waals surface area contributed by atoms with E-state index in [-0.39, 0.29) is 25.4 Å². The molecule has 1 atom stereocenters. The fraction of sp³-hybridized carbons (Fsp3) is 0.440. The lowest BCUT2D eigenvalue weighted by atomic mass is 9.95. The molecule has 35 heavy (non-hydrogen) atoms. The number of halogens is 2. The number of carbonyl (C=O) groups excluding carboxylic acids is 1. The summed E-state index contributed by atoms with van der Waals surface area (Å²) in [6.07, 6.45) is 3.02. The third-order valence-corrected chi connectivity index (χ3v) is 6.85. The van der Waals surface area contributed by atoms with Crippen molar-refractivity contribution in [3.8, 4) is 11.3 Å². The summed E-state index contributed by atoms with van der Waals surface area (Å²) in [4.78, 5) is 29.2. The molecule has 3 aromatic rings. The van der Waals surface area contributed by atoms with Crippen LogP contribution in [-0.2, 0) is 4.79 Å². The number of nitrogens with one attached hydrogen (secondary N) is 2. The molecule has 2 aromatic heterocycles. The predicted molar refractivity (Wildman–Crippen MR) is 132 cm³/mol. The van der Waals surface area contributed by atoms with Crippen molar-refractivity contribution in [3.05, 3.63) is 42.7 Å². The Morgan fingerprint density at radius 3 is 2.60 bits per heavy atom. The number of pyridine rings is 1. The van der Waals surface area contributed by atoms with E-state index in [0.717, 1.165) is 24.3 Å². The lowest BCUT2D eigenvalue weighted by Crippen LogP contribution is -2.48. The number of amides is 1. The van der Waals surface area contributed by atoms with Gasteiger partial charge in [0.1, 0.15) is 5.52 Å². The highest BCUT2D eigenvalue weighted by Gasteiger charge is 2.41. The molecular weight excluding hydrogens is 452 g/mol. The molecule has 1 amide bonds. The molecule has 184 valence electrons. The zero-order valence-electron chi connectivity index (χ0n) is 19.7. The number of piperidine rings is 1. The van der Waals surface area contributed by atoms with E-state index in [2.05, 4.69) is 25.5 Å². The Balaban J connectivity index is 1.36. The van der Waals surface area contributed by atoms with Gasteiger partial charge in [-0.2, -0.15) is 0 Å². The van der Waals surface area contributed by atoms with E-state index >= 15 is 0 Å². The third kappa shape index (κ3) is 5.02. The van der Waals surface area contributed by atoms with Crippen LogP contribution in [0.4, 0.5) is 20.3 Å². The first-order valence-electron chi connectivity index (χ1n) is 12.0. The summed E-state index contributed by atoms with van der Waals surface area (Å²) in [5.74, 6) is -2.98. The van der Waals surface area contributed by atoms with E-state index in [0.29, 0.717) is 42.2 Å². The number of aromatic nitrogens is 3. The van der Waals surface area contributed by atoms with Gasteiger partial charge in [0.05, 0.1) is 17.1 Å². The molecule has 0 aliphatic carbocycles. The molecule has 2 aliphatic rings. The summed E-state index contributed by atoms with van der Waals surface area (Å²) in [5, 5.41) is 6.18. The summed E-state index contributed by atoms with van der Waals surface area (Å²) >= 11 is 0. The molecule has 2 saturated heterocycles. The summed E-state index contributed by atoms with van der Waals surface area (Å²) in [7, 11) is 0. The molecule has 0 bridgehead atoms. The van der Waals surface area contributed by atoms with Crippen molar-refractivity contribution < 1.29 is 13.6 Å². The summed E-state index contributed by atoms with van der Waals surface area (Å²) in [6.45, 7) is 5.28. The van der Waals surface area contributed by atoms with Gasteiger partial charge in [0.15, 0.2) is 5.82 Å². The first-order valence-corrected chi connectivity index (χ1v) is 12.0. The number of benzene rings is 1. The van der Waals surface area contributed by atoms with Gasteiger partial charge in [-0.3, -0.25) is 9.78 Å². The van der Waals surface area contributed by atoms with Crippen molar-refractivity contribution in [2.45, 2.75) is 19.3 Å². The van der Waals surface area contributed by atoms with Gasteiger partial charge in [-0.15, -0.1) is 0 Å². The van der Waals surface area contributed by atoms with Crippen molar-refractivity contribution in [1.82, 2.24) is 25.2 Å². The van der Waals surface area contributed by atoms with Gasteiger partial charge in [-0.1, -0.05) is 12.1 Å². The normalized spacial score (nSPS) is 20.1. The van der Waals surface area contributed by atoms with Crippen LogP contribution in [0.1, 0.15) is 13.3 Å². The molecule has 2 aliphatic heterocycles. The van der Waals surface area contributed by atoms with E-state index in [1.54, 1.807) is 19.3 Å². The number of piperazine rings is 1. The highest BCUT2D eigenvalue weighted by Crippen LogP contribution is 2.32. The van der Waals surface area contributed by atoms with Gasteiger partial charge in [0.2, 0.25) is 5.91 Å². The minimum Gasteiger partial charge on any atom is -0.368 e. The second kappa shape index (κ2) is 9.69. The van der Waals surface area contributed by atoms with E-state index in [1.165, 1.54) is 0 Å². The van der Waals surface area contributed by atoms with Crippen LogP contribution in [-0.4, -0.2) is 77.5 Å². The van der Waals surface area contributed by atoms with Crippen molar-refractivity contribution in [3.63, 3.8) is 0 Å². The second-order valence-electron chi connectivity index (χ2n) is 9.11. The average Bonchev–Trinajstić information content (AvgIpc) is 2.87. The maximum absolute atomic E-state index is 14.3. The quantitative estimate of drug-likeness (QED) is 0.579. The number of rotatable bonds is 5. The molecule has 2 fully saturated rings. The number of fused-ring (bicyclic) bond motifs is 1. The van der Waals surface area contributed by atoms with Crippen molar-refractivity contribution in [2.24, 2.45) is 5.92 Å². The van der Waals surface area contributed by atoms with Crippen LogP contribution in [0.5, 0.6) is 0 Å². The molecule has 1 aromatic carbocycles. The Hall–Kier alpha value is -3.40. The van der Waals surface area contributed by atoms with E-state index < -0.39 is 11.8 Å². The van der Waals surface area contributed by atoms with Crippen LogP contribution in [0.25, 0.3) is 22.3 Å². The Bertz CT molecular complexity index is 1200. The largest absolute Gasteiger partial charge is 0.368 e. The van der Waals surface area contributed by atoms with Crippen LogP contribution >= 0.6 is 0 Å². The Morgan fingerprint density at radius 2 is 1.89 bits per heavy atom. The molecular formula is C25H29F2N7O. The van der Waals surface area contributed by atoms with E-state index in [4.69, 9.17) is 4.98 Å². The smallest absolute Gasteiger partial charge is 0.255 e. The molecule has 5 rings (SSSR count). The van der Waals surface area contributed by atoms with Crippen LogP contribution in [0.15, 0.2) is 42.7 Å². The average molecular weight is 482 g/mol. The topological polar surface area (TPSA) is 86.3 Å². The van der Waals surface area contributed by atoms with Crippen molar-refractivity contribution in [1.29, 1.82) is 0 Å². The predicted octanol–water partition coefficient (Wildman–Crippen LogP) is 3.02. The van der Waals surface area contributed by atoms with Gasteiger partial charge in [-0.25, -0.2) is 18.7 Å². The van der Waals surface area contributed by atoms with E-state index in [1.807, 2.05) is 35.2 Å². The zero-order valence-corrected chi connectivity index (χ0v) is 19.7. The molecule has 8 nitrogen and oxygen atoms in total. The molecule has 0 spiro atoms. The number of nitrogens with zero attached hydrogens (tertiary/aromatic N) is 5. The molecule has 1 unspecified atom stereocenters. The first-order chi connectivity index (χ1) is 16.9. The van der Waals surface area contributed by atoms with Crippen LogP contribution < -0.4 is 15.5 Å². The maximum Gasteiger partial charge on any atom is 0.255 e. The van der Waals surface area contributed by atoms with Crippen LogP contribution in [0, 0.1) is 5.92 Å². The Morgan fingerprint density at radius 1 is 1.14 bits per heavy atom. The first kappa shape index (κ1) is 23.3. The van der Waals surface area contributed by atoms with E-state index in [9.17, 15) is 13.6 Å². The monoisotopic (exact) mass is 481 g/mol. The second-order valence-corrected chi connectivity index (χ2v) is 9.11. The third-order valence-electron chi connectivity index (χ3n) is 6.85. The van der Waals surface area contributed by atoms with Crippen molar-refractivity contribution >= 4 is 28.4 Å². The van der Waals surface area contributed by atoms with Gasteiger partial charge in [0.25, 0.3) is 5.92 Å². The summed E-state index contributed by atoms with van der Waals surface area (Å²) < 4.78 is 28.7. The zero-order chi connectivity index (χ0) is 24.4. The SMILES string of the molecule is CC(=O)N1CCN(c2ccc(-c3cc4nccnc4c(NCC4CNCCC4(F)F)n3)cc2)CC1. The molecule has 0 radical (unpaired) electrons. The minimum absolute atomic E-state index is 0.0906. The van der Waals surface area contributed by atoms with Gasteiger partial charge < -0.3 is 20.4 Å². The standard InChI is InChI=1S/C25H29F2N7O/c1-17(35)33-10-12-34(13-11-33)20-4-2-18(3-5-20)21-14-22-23(30-9-8-29-22)24(32-21)31-16-19-15-28-7-6-25(19,26)27/h2-5,8-9,14,19,28H,6-7,10-13,15-16H2,1H3,(H,31,32). The van der Waals surface area contributed by atoms with Crippen molar-refractivity contribution in [2.75, 3.05) is 56.0 Å². The number of hydrogen-bond donors (Lipinski definition) is 2. The highest BCUT2D eigenvalue weighted by atomic mass is 19.3. The van der Waals surface area contributed by atoms with Gasteiger partial charge in [-0.05, 0) is 18.2 Å². The minimum atomic E-state index is -2.72. The Labute approximate surface area is 202 Å². The molecule has 4 heterocycles. The number of anilines is 2. The molecule has 2 N–H and O–H groups in total. The summed E-state index contributed by atoms with van der Waals surface area (Å²) in [6, 6.07) is 9.96. The highest BCUT2D eigenvalue weighted by molar-refractivity contribution is 5.88. The fourth-order valence-corrected chi connectivity index (χ4v) is 4.69. The lowest BCUT2D eigenvalue weighted by Gasteiger charge is -2.35. The summed E-state index contributed by atoms with van der Waals surface area (Å²) in [5.41, 5.74) is 3.89. The van der Waals surface area contributed by atoms with Crippen LogP contribution in [0.3, 0.4) is 0 Å². The fourth-order valence-electron chi connectivity index (χ4n) is 4.69. The van der Waals surface area contributed by atoms with Gasteiger partial charge in [0, 0.05) is 82.8 Å². The maximum atomic E-state index is 14.3. The number of carbonyl (C=O) groups is 1. The van der Waals surface area contributed by atoms with Gasteiger partial charge >= 0.3 is 0 Å². The lowest BCUT2D eigenvalue weighted by molar-refractivity contribution is -0.129. The number of alkyl halides is 2.